The average molecular weight is 405 g/mol. The Hall–Kier alpha value is -2.71. The topological polar surface area (TPSA) is 80.5 Å². The van der Waals surface area contributed by atoms with E-state index in [9.17, 15) is 9.18 Å². The summed E-state index contributed by atoms with van der Waals surface area (Å²) in [5.74, 6) is -0.0463. The number of amides is 1. The molecule has 4 rings (SSSR count). The van der Waals surface area contributed by atoms with Crippen molar-refractivity contribution in [3.05, 3.63) is 52.8 Å². The lowest BCUT2D eigenvalue weighted by Gasteiger charge is -2.27. The molecule has 1 unspecified atom stereocenters. The number of fused-ring (bicyclic) bond motifs is 1. The minimum absolute atomic E-state index is 0.0762. The largest absolute Gasteiger partial charge is 0.456 e. The number of carbonyl (C=O) groups is 1. The molecule has 0 radical (unpaired) electrons. The Morgan fingerprint density at radius 1 is 1.36 bits per heavy atom. The summed E-state index contributed by atoms with van der Waals surface area (Å²) in [6.45, 7) is 4.18. The first-order valence-corrected chi connectivity index (χ1v) is 9.25. The van der Waals surface area contributed by atoms with Crippen LogP contribution in [-0.2, 0) is 4.74 Å². The number of anilines is 1. The Balaban J connectivity index is 1.54. The fourth-order valence-corrected chi connectivity index (χ4v) is 3.21. The quantitative estimate of drug-likeness (QED) is 0.718. The molecular weight excluding hydrogens is 387 g/mol. The van der Waals surface area contributed by atoms with Crippen LogP contribution in [0.2, 0.25) is 5.02 Å². The van der Waals surface area contributed by atoms with Crippen molar-refractivity contribution in [2.24, 2.45) is 0 Å². The lowest BCUT2D eigenvalue weighted by Crippen LogP contribution is -2.38. The molecule has 9 heteroatoms. The van der Waals surface area contributed by atoms with Crippen molar-refractivity contribution >= 4 is 34.4 Å². The highest BCUT2D eigenvalue weighted by atomic mass is 35.5. The first-order chi connectivity index (χ1) is 13.5. The number of halogens is 2. The van der Waals surface area contributed by atoms with Gasteiger partial charge in [0.05, 0.1) is 30.5 Å². The molecule has 2 aromatic heterocycles. The third kappa shape index (κ3) is 3.65. The second-order valence-electron chi connectivity index (χ2n) is 6.47. The van der Waals surface area contributed by atoms with Crippen molar-refractivity contribution in [3.8, 4) is 0 Å². The van der Waals surface area contributed by atoms with E-state index in [0.717, 1.165) is 0 Å². The normalized spacial score (nSPS) is 15.6. The van der Waals surface area contributed by atoms with Gasteiger partial charge in [0.2, 0.25) is 5.95 Å². The van der Waals surface area contributed by atoms with Gasteiger partial charge in [0.15, 0.2) is 17.1 Å². The van der Waals surface area contributed by atoms with Crippen LogP contribution in [-0.4, -0.2) is 42.2 Å². The number of hydrogen-bond donors (Lipinski definition) is 1. The van der Waals surface area contributed by atoms with Gasteiger partial charge in [-0.3, -0.25) is 4.79 Å². The number of nitrogens with zero attached hydrogens (tertiary/aromatic N) is 3. The van der Waals surface area contributed by atoms with Crippen molar-refractivity contribution < 1.29 is 18.3 Å². The Morgan fingerprint density at radius 3 is 2.89 bits per heavy atom. The maximum atomic E-state index is 13.8. The number of rotatable bonds is 4. The monoisotopic (exact) mass is 404 g/mol. The molecule has 1 amide bonds. The predicted octanol–water partition coefficient (Wildman–Crippen LogP) is 3.34. The number of furan rings is 1. The Morgan fingerprint density at radius 2 is 2.14 bits per heavy atom. The number of carbonyl (C=O) groups excluding carboxylic acids is 1. The summed E-state index contributed by atoms with van der Waals surface area (Å²) in [4.78, 5) is 23.2. The Labute approximate surface area is 165 Å². The zero-order chi connectivity index (χ0) is 19.7. The summed E-state index contributed by atoms with van der Waals surface area (Å²) < 4.78 is 24.7. The highest BCUT2D eigenvalue weighted by molar-refractivity contribution is 6.33. The number of ether oxygens (including phenoxy) is 1. The third-order valence-corrected chi connectivity index (χ3v) is 4.81. The van der Waals surface area contributed by atoms with E-state index in [1.54, 1.807) is 25.1 Å². The van der Waals surface area contributed by atoms with Gasteiger partial charge in [-0.15, -0.1) is 0 Å². The van der Waals surface area contributed by atoms with E-state index in [4.69, 9.17) is 20.8 Å². The number of aromatic nitrogens is 2. The summed E-state index contributed by atoms with van der Waals surface area (Å²) in [5.41, 5.74) is 0.237. The van der Waals surface area contributed by atoms with E-state index in [1.165, 1.54) is 12.3 Å². The van der Waals surface area contributed by atoms with E-state index < -0.39 is 17.8 Å². The summed E-state index contributed by atoms with van der Waals surface area (Å²) in [7, 11) is 0. The van der Waals surface area contributed by atoms with Gasteiger partial charge < -0.3 is 19.4 Å². The molecule has 3 aromatic rings. The maximum Gasteiger partial charge on any atom is 0.272 e. The molecule has 0 aliphatic carbocycles. The molecule has 1 aliphatic rings. The van der Waals surface area contributed by atoms with Crippen LogP contribution < -0.4 is 10.2 Å². The van der Waals surface area contributed by atoms with Gasteiger partial charge in [-0.2, -0.15) is 0 Å². The lowest BCUT2D eigenvalue weighted by molar-refractivity contribution is 0.0930. The van der Waals surface area contributed by atoms with Crippen LogP contribution in [0.25, 0.3) is 11.0 Å². The standard InChI is InChI=1S/C19H18ClFN4O3/c1-11(15-9-12-3-2-4-14(21)17(12)28-15)23-18(26)16-13(20)10-22-19(24-16)25-5-7-27-8-6-25/h2-4,9-11H,5-8H2,1H3,(H,23,26). The number of para-hydroxylation sites is 1. The highest BCUT2D eigenvalue weighted by Crippen LogP contribution is 2.26. The minimum Gasteiger partial charge on any atom is -0.456 e. The zero-order valence-electron chi connectivity index (χ0n) is 15.1. The van der Waals surface area contributed by atoms with Crippen LogP contribution in [0, 0.1) is 5.82 Å². The van der Waals surface area contributed by atoms with Gasteiger partial charge in [-0.05, 0) is 19.1 Å². The van der Waals surface area contributed by atoms with Gasteiger partial charge in [-0.25, -0.2) is 14.4 Å². The van der Waals surface area contributed by atoms with E-state index in [-0.39, 0.29) is 16.3 Å². The lowest BCUT2D eigenvalue weighted by atomic mass is 10.2. The van der Waals surface area contributed by atoms with Crippen LogP contribution in [0.3, 0.4) is 0 Å². The maximum absolute atomic E-state index is 13.8. The first kappa shape index (κ1) is 18.6. The second kappa shape index (κ2) is 7.73. The average Bonchev–Trinajstić information content (AvgIpc) is 3.15. The number of benzene rings is 1. The van der Waals surface area contributed by atoms with Crippen molar-refractivity contribution in [2.45, 2.75) is 13.0 Å². The van der Waals surface area contributed by atoms with Gasteiger partial charge in [0, 0.05) is 18.5 Å². The molecule has 0 bridgehead atoms. The van der Waals surface area contributed by atoms with Crippen molar-refractivity contribution in [1.82, 2.24) is 15.3 Å². The summed E-state index contributed by atoms with van der Waals surface area (Å²) >= 11 is 6.14. The molecular formula is C19H18ClFN4O3. The van der Waals surface area contributed by atoms with E-state index in [2.05, 4.69) is 15.3 Å². The number of nitrogens with one attached hydrogen (secondary N) is 1. The van der Waals surface area contributed by atoms with Crippen LogP contribution in [0.1, 0.15) is 29.2 Å². The molecule has 1 atom stereocenters. The minimum atomic E-state index is -0.503. The number of morpholine rings is 1. The molecule has 146 valence electrons. The fourth-order valence-electron chi connectivity index (χ4n) is 3.03. The molecule has 0 spiro atoms. The molecule has 1 aliphatic heterocycles. The number of hydrogen-bond acceptors (Lipinski definition) is 6. The van der Waals surface area contributed by atoms with Crippen LogP contribution in [0.4, 0.5) is 10.3 Å². The van der Waals surface area contributed by atoms with Crippen LogP contribution in [0.5, 0.6) is 0 Å². The Kier molecular flexibility index (Phi) is 5.15. The van der Waals surface area contributed by atoms with Crippen LogP contribution >= 0.6 is 11.6 Å². The fraction of sp³-hybridized carbons (Fsp3) is 0.316. The van der Waals surface area contributed by atoms with E-state index in [0.29, 0.717) is 43.4 Å². The summed E-state index contributed by atoms with van der Waals surface area (Å²) in [6.07, 6.45) is 1.41. The molecule has 28 heavy (non-hydrogen) atoms. The molecule has 1 saturated heterocycles. The molecule has 7 nitrogen and oxygen atoms in total. The summed E-state index contributed by atoms with van der Waals surface area (Å²) in [5, 5.41) is 3.57. The van der Waals surface area contributed by atoms with Crippen LogP contribution in [0.15, 0.2) is 34.9 Å². The van der Waals surface area contributed by atoms with Gasteiger partial charge in [-0.1, -0.05) is 23.7 Å². The molecule has 1 fully saturated rings. The molecule has 3 heterocycles. The van der Waals surface area contributed by atoms with Gasteiger partial charge >= 0.3 is 0 Å². The van der Waals surface area contributed by atoms with Crippen molar-refractivity contribution in [1.29, 1.82) is 0 Å². The highest BCUT2D eigenvalue weighted by Gasteiger charge is 2.22. The van der Waals surface area contributed by atoms with Crippen molar-refractivity contribution in [3.63, 3.8) is 0 Å². The molecule has 1 aromatic carbocycles. The van der Waals surface area contributed by atoms with Gasteiger partial charge in [0.25, 0.3) is 5.91 Å². The third-order valence-electron chi connectivity index (χ3n) is 4.53. The molecule has 0 saturated carbocycles. The van der Waals surface area contributed by atoms with E-state index in [1.807, 2.05) is 4.90 Å². The Bertz CT molecular complexity index is 1020. The predicted molar refractivity (Wildman–Crippen MR) is 102 cm³/mol. The molecule has 1 N–H and O–H groups in total. The first-order valence-electron chi connectivity index (χ1n) is 8.87. The van der Waals surface area contributed by atoms with Crippen molar-refractivity contribution in [2.75, 3.05) is 31.2 Å². The summed E-state index contributed by atoms with van der Waals surface area (Å²) in [6, 6.07) is 5.87. The SMILES string of the molecule is CC(NC(=O)c1nc(N2CCOCC2)ncc1Cl)c1cc2cccc(F)c2o1. The van der Waals surface area contributed by atoms with Gasteiger partial charge in [0.1, 0.15) is 5.76 Å². The smallest absolute Gasteiger partial charge is 0.272 e. The zero-order valence-corrected chi connectivity index (χ0v) is 15.9. The van der Waals surface area contributed by atoms with E-state index >= 15 is 0 Å². The second-order valence-corrected chi connectivity index (χ2v) is 6.88.